The summed E-state index contributed by atoms with van der Waals surface area (Å²) < 4.78 is 11.5. The second-order valence-corrected chi connectivity index (χ2v) is 7.84. The molecule has 0 atom stereocenters. The minimum atomic E-state index is -0.578. The molecule has 1 aromatic rings. The Kier molecular flexibility index (Phi) is 6.44. The lowest BCUT2D eigenvalue weighted by molar-refractivity contribution is 0.0513. The fraction of sp³-hybridized carbons (Fsp3) is 0.667. The summed E-state index contributed by atoms with van der Waals surface area (Å²) in [5.41, 5.74) is -0.578. The highest BCUT2D eigenvalue weighted by molar-refractivity contribution is 14.1. The number of hydrogen-bond acceptors (Lipinski definition) is 5. The van der Waals surface area contributed by atoms with Crippen LogP contribution < -0.4 is 4.90 Å². The van der Waals surface area contributed by atoms with E-state index in [2.05, 4.69) is 9.97 Å². The number of ether oxygens (including phenoxy) is 2. The van der Waals surface area contributed by atoms with Crippen molar-refractivity contribution < 1.29 is 14.3 Å². The van der Waals surface area contributed by atoms with Crippen LogP contribution in [-0.4, -0.2) is 41.4 Å². The van der Waals surface area contributed by atoms with E-state index in [4.69, 9.17) is 21.1 Å². The van der Waals surface area contributed by atoms with Crippen molar-refractivity contribution in [2.45, 2.75) is 39.2 Å². The van der Waals surface area contributed by atoms with Gasteiger partial charge in [-0.05, 0) is 62.1 Å². The molecule has 128 valence electrons. The lowest BCUT2D eigenvalue weighted by Crippen LogP contribution is -2.41. The zero-order valence-corrected chi connectivity index (χ0v) is 16.4. The molecule has 0 aromatic carbocycles. The third kappa shape index (κ3) is 5.72. The van der Waals surface area contributed by atoms with Crippen molar-refractivity contribution in [2.24, 2.45) is 5.92 Å². The molecule has 6 nitrogen and oxygen atoms in total. The Bertz CT molecular complexity index is 559. The van der Waals surface area contributed by atoms with Gasteiger partial charge in [-0.1, -0.05) is 11.6 Å². The van der Waals surface area contributed by atoms with Crippen molar-refractivity contribution in [3.8, 4) is 0 Å². The van der Waals surface area contributed by atoms with Crippen LogP contribution in [0.2, 0.25) is 5.15 Å². The van der Waals surface area contributed by atoms with Crippen LogP contribution in [0.4, 0.5) is 10.6 Å². The van der Waals surface area contributed by atoms with Gasteiger partial charge in [0, 0.05) is 19.8 Å². The highest BCUT2D eigenvalue weighted by atomic mass is 127. The number of aromatic nitrogens is 2. The topological polar surface area (TPSA) is 64.5 Å². The van der Waals surface area contributed by atoms with Crippen molar-refractivity contribution in [3.63, 3.8) is 0 Å². The first-order valence-electron chi connectivity index (χ1n) is 7.52. The molecule has 0 N–H and O–H groups in total. The highest BCUT2D eigenvalue weighted by Gasteiger charge is 2.28. The van der Waals surface area contributed by atoms with Gasteiger partial charge >= 0.3 is 6.09 Å². The van der Waals surface area contributed by atoms with E-state index in [1.165, 1.54) is 4.90 Å². The Morgan fingerprint density at radius 1 is 1.48 bits per heavy atom. The van der Waals surface area contributed by atoms with Gasteiger partial charge in [0.05, 0.1) is 6.20 Å². The fourth-order valence-corrected chi connectivity index (χ4v) is 2.63. The number of anilines is 1. The predicted octanol–water partition coefficient (Wildman–Crippen LogP) is 3.90. The quantitative estimate of drug-likeness (QED) is 0.650. The molecule has 1 aliphatic heterocycles. The summed E-state index contributed by atoms with van der Waals surface area (Å²) in [5.74, 6) is 0.757. The average Bonchev–Trinajstić information content (AvgIpc) is 2.47. The Morgan fingerprint density at radius 3 is 2.70 bits per heavy atom. The first kappa shape index (κ1) is 18.7. The SMILES string of the molecule is CC(C)(C)OC(=O)N(CC1CCOCC1)c1cnc(I)c(Cl)n1. The first-order chi connectivity index (χ1) is 10.8. The molecule has 1 aromatic heterocycles. The summed E-state index contributed by atoms with van der Waals surface area (Å²) >= 11 is 8.06. The van der Waals surface area contributed by atoms with E-state index in [1.807, 2.05) is 43.4 Å². The second-order valence-electron chi connectivity index (χ2n) is 6.46. The zero-order valence-electron chi connectivity index (χ0n) is 13.5. The first-order valence-corrected chi connectivity index (χ1v) is 8.98. The molecule has 1 aliphatic rings. The second kappa shape index (κ2) is 7.94. The zero-order chi connectivity index (χ0) is 17.0. The van der Waals surface area contributed by atoms with Crippen LogP contribution in [-0.2, 0) is 9.47 Å². The summed E-state index contributed by atoms with van der Waals surface area (Å²) in [4.78, 5) is 22.6. The summed E-state index contributed by atoms with van der Waals surface area (Å²) in [6.45, 7) is 7.46. The number of hydrogen-bond donors (Lipinski definition) is 0. The van der Waals surface area contributed by atoms with Gasteiger partial charge in [-0.25, -0.2) is 14.8 Å². The monoisotopic (exact) mass is 453 g/mol. The molecule has 2 rings (SSSR count). The Balaban J connectivity index is 2.22. The molecule has 0 aliphatic carbocycles. The minimum Gasteiger partial charge on any atom is -0.443 e. The van der Waals surface area contributed by atoms with Crippen molar-refractivity contribution in [1.82, 2.24) is 9.97 Å². The van der Waals surface area contributed by atoms with Gasteiger partial charge in [0.2, 0.25) is 0 Å². The molecule has 8 heteroatoms. The standard InChI is InChI=1S/C15H21ClIN3O3/c1-15(2,3)23-14(21)20(9-10-4-6-22-7-5-10)11-8-18-13(17)12(16)19-11/h8,10H,4-7,9H2,1-3H3. The van der Waals surface area contributed by atoms with Gasteiger partial charge in [-0.2, -0.15) is 0 Å². The summed E-state index contributed by atoms with van der Waals surface area (Å²) in [5, 5.41) is 0.281. The summed E-state index contributed by atoms with van der Waals surface area (Å²) in [6.07, 6.45) is 2.93. The van der Waals surface area contributed by atoms with Crippen LogP contribution in [0.25, 0.3) is 0 Å². The van der Waals surface area contributed by atoms with Gasteiger partial charge in [0.25, 0.3) is 0 Å². The van der Waals surface area contributed by atoms with E-state index in [-0.39, 0.29) is 5.15 Å². The molecule has 0 unspecified atom stereocenters. The van der Waals surface area contributed by atoms with Crippen LogP contribution in [0.5, 0.6) is 0 Å². The number of carbonyl (C=O) groups excluding carboxylic acids is 1. The van der Waals surface area contributed by atoms with Crippen LogP contribution in [0, 0.1) is 9.62 Å². The molecular weight excluding hydrogens is 433 g/mol. The van der Waals surface area contributed by atoms with Crippen LogP contribution in [0.15, 0.2) is 6.20 Å². The molecule has 0 saturated carbocycles. The van der Waals surface area contributed by atoms with E-state index in [9.17, 15) is 4.79 Å². The minimum absolute atomic E-state index is 0.281. The van der Waals surface area contributed by atoms with Crippen LogP contribution in [0.1, 0.15) is 33.6 Å². The van der Waals surface area contributed by atoms with Gasteiger partial charge in [0.15, 0.2) is 11.0 Å². The molecule has 1 fully saturated rings. The molecule has 1 amide bonds. The smallest absolute Gasteiger partial charge is 0.416 e. The number of rotatable bonds is 3. The van der Waals surface area contributed by atoms with Crippen molar-refractivity contribution >= 4 is 46.1 Å². The third-order valence-electron chi connectivity index (χ3n) is 3.35. The number of nitrogens with zero attached hydrogens (tertiary/aromatic N) is 3. The lowest BCUT2D eigenvalue weighted by Gasteiger charge is -2.31. The van der Waals surface area contributed by atoms with E-state index < -0.39 is 11.7 Å². The van der Waals surface area contributed by atoms with Gasteiger partial charge in [-0.3, -0.25) is 4.90 Å². The van der Waals surface area contributed by atoms with Gasteiger partial charge < -0.3 is 9.47 Å². The number of amides is 1. The molecular formula is C15H21ClIN3O3. The third-order valence-corrected chi connectivity index (χ3v) is 4.72. The van der Waals surface area contributed by atoms with Gasteiger partial charge in [0.1, 0.15) is 9.30 Å². The molecule has 1 saturated heterocycles. The largest absolute Gasteiger partial charge is 0.443 e. The molecule has 23 heavy (non-hydrogen) atoms. The van der Waals surface area contributed by atoms with Crippen molar-refractivity contribution in [1.29, 1.82) is 0 Å². The Labute approximate surface area is 155 Å². The molecule has 0 bridgehead atoms. The molecule has 0 spiro atoms. The maximum absolute atomic E-state index is 12.6. The van der Waals surface area contributed by atoms with E-state index in [1.54, 1.807) is 6.20 Å². The van der Waals surface area contributed by atoms with Crippen LogP contribution >= 0.6 is 34.2 Å². The molecule has 0 radical (unpaired) electrons. The average molecular weight is 454 g/mol. The number of carbonyl (C=O) groups is 1. The Morgan fingerprint density at radius 2 is 2.13 bits per heavy atom. The highest BCUT2D eigenvalue weighted by Crippen LogP contribution is 2.24. The van der Waals surface area contributed by atoms with E-state index in [0.29, 0.717) is 35.2 Å². The Hall–Kier alpha value is -0.670. The lowest BCUT2D eigenvalue weighted by atomic mass is 10.00. The predicted molar refractivity (Wildman–Crippen MR) is 96.9 cm³/mol. The van der Waals surface area contributed by atoms with Crippen molar-refractivity contribution in [2.75, 3.05) is 24.7 Å². The maximum atomic E-state index is 12.6. The van der Waals surface area contributed by atoms with Crippen molar-refractivity contribution in [3.05, 3.63) is 15.1 Å². The summed E-state index contributed by atoms with van der Waals surface area (Å²) in [6, 6.07) is 0. The summed E-state index contributed by atoms with van der Waals surface area (Å²) in [7, 11) is 0. The van der Waals surface area contributed by atoms with E-state index >= 15 is 0 Å². The van der Waals surface area contributed by atoms with Gasteiger partial charge in [-0.15, -0.1) is 0 Å². The molecule has 2 heterocycles. The fourth-order valence-electron chi connectivity index (χ4n) is 2.24. The number of halogens is 2. The van der Waals surface area contributed by atoms with E-state index in [0.717, 1.165) is 12.8 Å². The maximum Gasteiger partial charge on any atom is 0.416 e. The normalized spacial score (nSPS) is 16.2. The van der Waals surface area contributed by atoms with Crippen LogP contribution in [0.3, 0.4) is 0 Å².